The normalized spacial score (nSPS) is 13.2. The minimum atomic E-state index is -4.76. The number of nitrogens with one attached hydrogen (secondary N) is 3. The van der Waals surface area contributed by atoms with Gasteiger partial charge < -0.3 is 20.4 Å². The third-order valence-corrected chi connectivity index (χ3v) is 4.63. The molecule has 31 heavy (non-hydrogen) atoms. The number of aromatic amines is 1. The Labute approximate surface area is 172 Å². The van der Waals surface area contributed by atoms with Crippen LogP contribution in [0, 0.1) is 0 Å². The number of imidazole rings is 1. The topological polar surface area (TPSA) is 105 Å². The summed E-state index contributed by atoms with van der Waals surface area (Å²) in [6, 6.07) is 10.8. The molecule has 4 aromatic rings. The molecule has 0 unspecified atom stereocenters. The molecule has 0 atom stereocenters. The zero-order chi connectivity index (χ0) is 21.6. The Kier molecular flexibility index (Phi) is 4.24. The molecule has 0 saturated carbocycles. The Bertz CT molecular complexity index is 1300. The lowest BCUT2D eigenvalue weighted by molar-refractivity contribution is -0.274. The third-order valence-electron chi connectivity index (χ3n) is 4.63. The number of aromatic nitrogens is 4. The maximum Gasteiger partial charge on any atom is 0.573 e. The van der Waals surface area contributed by atoms with Crippen molar-refractivity contribution in [3.63, 3.8) is 0 Å². The molecular formula is C20H13F3N6O2. The van der Waals surface area contributed by atoms with Crippen LogP contribution >= 0.6 is 0 Å². The van der Waals surface area contributed by atoms with Gasteiger partial charge in [-0.25, -0.2) is 9.97 Å². The van der Waals surface area contributed by atoms with E-state index in [0.717, 1.165) is 11.3 Å². The maximum absolute atomic E-state index is 12.4. The summed E-state index contributed by atoms with van der Waals surface area (Å²) >= 11 is 0. The predicted octanol–water partition coefficient (Wildman–Crippen LogP) is 4.16. The summed E-state index contributed by atoms with van der Waals surface area (Å²) in [4.78, 5) is 27.5. The van der Waals surface area contributed by atoms with Gasteiger partial charge in [-0.3, -0.25) is 4.79 Å². The van der Waals surface area contributed by atoms with E-state index in [1.54, 1.807) is 12.1 Å². The van der Waals surface area contributed by atoms with Crippen LogP contribution < -0.4 is 15.4 Å². The fourth-order valence-electron chi connectivity index (χ4n) is 3.35. The first kappa shape index (κ1) is 18.9. The molecule has 0 saturated heterocycles. The summed E-state index contributed by atoms with van der Waals surface area (Å²) in [5, 5.41) is 5.86. The Morgan fingerprint density at radius 1 is 1.06 bits per heavy atom. The number of hydrogen-bond donors (Lipinski definition) is 3. The van der Waals surface area contributed by atoms with E-state index in [2.05, 4.69) is 35.3 Å². The van der Waals surface area contributed by atoms with Gasteiger partial charge in [0.15, 0.2) is 5.65 Å². The van der Waals surface area contributed by atoms with E-state index in [4.69, 9.17) is 0 Å². The highest BCUT2D eigenvalue weighted by molar-refractivity contribution is 5.99. The Morgan fingerprint density at radius 3 is 2.65 bits per heavy atom. The molecule has 2 aromatic heterocycles. The second-order valence-electron chi connectivity index (χ2n) is 6.79. The summed E-state index contributed by atoms with van der Waals surface area (Å²) in [6.07, 6.45) is -3.01. The average molecular weight is 426 g/mol. The standard InChI is InChI=1S/C20H13F3N6O2/c21-20(22,23)31-13-4-1-10(2-5-13)16-17-18(25-9-24-17)29-19(28-16)26-12-3-6-14-11(7-12)8-15(30)27-14/h1-7,9H,8H2,(H,27,30)(H2,24,25,26,28,29). The van der Waals surface area contributed by atoms with Crippen molar-refractivity contribution in [2.75, 3.05) is 10.6 Å². The summed E-state index contributed by atoms with van der Waals surface area (Å²) in [6.45, 7) is 0. The summed E-state index contributed by atoms with van der Waals surface area (Å²) in [7, 11) is 0. The molecule has 2 aromatic carbocycles. The maximum atomic E-state index is 12.4. The minimum Gasteiger partial charge on any atom is -0.406 e. The van der Waals surface area contributed by atoms with E-state index in [-0.39, 0.29) is 17.6 Å². The van der Waals surface area contributed by atoms with Gasteiger partial charge in [-0.05, 0) is 48.0 Å². The van der Waals surface area contributed by atoms with Crippen molar-refractivity contribution in [3.8, 4) is 17.0 Å². The van der Waals surface area contributed by atoms with Crippen LogP contribution in [0.2, 0.25) is 0 Å². The summed E-state index contributed by atoms with van der Waals surface area (Å²) < 4.78 is 41.1. The second kappa shape index (κ2) is 6.97. The monoisotopic (exact) mass is 426 g/mol. The van der Waals surface area contributed by atoms with Gasteiger partial charge in [-0.15, -0.1) is 13.2 Å². The van der Waals surface area contributed by atoms with Gasteiger partial charge in [0.25, 0.3) is 0 Å². The van der Waals surface area contributed by atoms with Crippen molar-refractivity contribution in [1.82, 2.24) is 19.9 Å². The number of anilines is 3. The van der Waals surface area contributed by atoms with Gasteiger partial charge in [0.1, 0.15) is 17.0 Å². The van der Waals surface area contributed by atoms with E-state index in [9.17, 15) is 18.0 Å². The van der Waals surface area contributed by atoms with Crippen molar-refractivity contribution in [3.05, 3.63) is 54.4 Å². The molecule has 1 aliphatic heterocycles. The number of nitrogens with zero attached hydrogens (tertiary/aromatic N) is 3. The fourth-order valence-corrected chi connectivity index (χ4v) is 3.35. The van der Waals surface area contributed by atoms with Gasteiger partial charge in [-0.1, -0.05) is 0 Å². The van der Waals surface area contributed by atoms with Crippen LogP contribution in [0.25, 0.3) is 22.4 Å². The van der Waals surface area contributed by atoms with E-state index >= 15 is 0 Å². The second-order valence-corrected chi connectivity index (χ2v) is 6.79. The van der Waals surface area contributed by atoms with Crippen molar-refractivity contribution in [1.29, 1.82) is 0 Å². The number of carbonyl (C=O) groups is 1. The molecule has 5 rings (SSSR count). The number of ether oxygens (including phenoxy) is 1. The van der Waals surface area contributed by atoms with Crippen LogP contribution in [0.4, 0.5) is 30.5 Å². The van der Waals surface area contributed by atoms with E-state index in [1.807, 2.05) is 6.07 Å². The van der Waals surface area contributed by atoms with Crippen LogP contribution in [0.15, 0.2) is 48.8 Å². The zero-order valence-electron chi connectivity index (χ0n) is 15.6. The molecule has 0 radical (unpaired) electrons. The molecule has 0 aliphatic carbocycles. The molecule has 3 heterocycles. The Morgan fingerprint density at radius 2 is 1.87 bits per heavy atom. The highest BCUT2D eigenvalue weighted by Gasteiger charge is 2.31. The number of rotatable bonds is 4. The average Bonchev–Trinajstić information content (AvgIpc) is 3.32. The first-order valence-corrected chi connectivity index (χ1v) is 9.11. The molecule has 3 N–H and O–H groups in total. The fraction of sp³-hybridized carbons (Fsp3) is 0.100. The van der Waals surface area contributed by atoms with Gasteiger partial charge >= 0.3 is 6.36 Å². The molecule has 1 amide bonds. The Hall–Kier alpha value is -4.15. The molecule has 0 fully saturated rings. The van der Waals surface area contributed by atoms with Crippen molar-refractivity contribution >= 4 is 34.4 Å². The highest BCUT2D eigenvalue weighted by atomic mass is 19.4. The first-order valence-electron chi connectivity index (χ1n) is 9.11. The van der Waals surface area contributed by atoms with Crippen LogP contribution in [-0.2, 0) is 11.2 Å². The van der Waals surface area contributed by atoms with Gasteiger partial charge in [0, 0.05) is 16.9 Å². The number of hydrogen-bond acceptors (Lipinski definition) is 6. The predicted molar refractivity (Wildman–Crippen MR) is 106 cm³/mol. The Balaban J connectivity index is 1.48. The molecule has 0 spiro atoms. The van der Waals surface area contributed by atoms with E-state index < -0.39 is 6.36 Å². The SMILES string of the molecule is O=C1Cc2cc(Nc3nc(-c4ccc(OC(F)(F)F)cc4)c4[nH]cnc4n3)ccc2N1. The molecular weight excluding hydrogens is 413 g/mol. The molecule has 156 valence electrons. The smallest absolute Gasteiger partial charge is 0.406 e. The van der Waals surface area contributed by atoms with E-state index in [1.165, 1.54) is 30.6 Å². The van der Waals surface area contributed by atoms with Crippen molar-refractivity contribution < 1.29 is 22.7 Å². The summed E-state index contributed by atoms with van der Waals surface area (Å²) in [5.41, 5.74) is 4.25. The first-order chi connectivity index (χ1) is 14.8. The van der Waals surface area contributed by atoms with Gasteiger partial charge in [-0.2, -0.15) is 4.98 Å². The number of H-pyrrole nitrogens is 1. The molecule has 8 nitrogen and oxygen atoms in total. The molecule has 0 bridgehead atoms. The number of amides is 1. The number of alkyl halides is 3. The lowest BCUT2D eigenvalue weighted by atomic mass is 10.1. The van der Waals surface area contributed by atoms with Crippen LogP contribution in [0.5, 0.6) is 5.75 Å². The quantitative estimate of drug-likeness (QED) is 0.453. The van der Waals surface area contributed by atoms with Crippen LogP contribution in [0.1, 0.15) is 5.56 Å². The van der Waals surface area contributed by atoms with Crippen molar-refractivity contribution in [2.45, 2.75) is 12.8 Å². The largest absolute Gasteiger partial charge is 0.573 e. The molecule has 11 heteroatoms. The number of carbonyl (C=O) groups excluding carboxylic acids is 1. The lowest BCUT2D eigenvalue weighted by Gasteiger charge is -2.11. The zero-order valence-corrected chi connectivity index (χ0v) is 15.6. The number of halogens is 3. The third kappa shape index (κ3) is 3.84. The van der Waals surface area contributed by atoms with E-state index in [0.29, 0.717) is 34.5 Å². The van der Waals surface area contributed by atoms with Gasteiger partial charge in [0.2, 0.25) is 11.9 Å². The van der Waals surface area contributed by atoms with Gasteiger partial charge in [0.05, 0.1) is 12.7 Å². The summed E-state index contributed by atoms with van der Waals surface area (Å²) in [5.74, 6) is -0.144. The lowest BCUT2D eigenvalue weighted by Crippen LogP contribution is -2.16. The number of benzene rings is 2. The number of fused-ring (bicyclic) bond motifs is 2. The van der Waals surface area contributed by atoms with Crippen LogP contribution in [-0.4, -0.2) is 32.2 Å². The minimum absolute atomic E-state index is 0.0680. The molecule has 1 aliphatic rings. The van der Waals surface area contributed by atoms with Crippen LogP contribution in [0.3, 0.4) is 0 Å². The highest BCUT2D eigenvalue weighted by Crippen LogP contribution is 2.31. The van der Waals surface area contributed by atoms with Crippen molar-refractivity contribution in [2.24, 2.45) is 0 Å².